The maximum atomic E-state index is 10.4. The van der Waals surface area contributed by atoms with Gasteiger partial charge < -0.3 is 9.13 Å². The summed E-state index contributed by atoms with van der Waals surface area (Å²) in [6, 6.07) is 59.0. The van der Waals surface area contributed by atoms with E-state index in [1.807, 2.05) is 42.5 Å². The Balaban J connectivity index is 1.20. The molecule has 0 fully saturated rings. The van der Waals surface area contributed by atoms with Gasteiger partial charge in [-0.1, -0.05) is 109 Å². The molecule has 222 valence electrons. The van der Waals surface area contributed by atoms with Crippen molar-refractivity contribution in [3.63, 3.8) is 0 Å². The molecule has 4 nitrogen and oxygen atoms in total. The average molecular weight is 611 g/mol. The molecule has 4 heteroatoms. The number of fused-ring (bicyclic) bond motifs is 6. The third kappa shape index (κ3) is 4.07. The molecule has 0 radical (unpaired) electrons. The van der Waals surface area contributed by atoms with Crippen LogP contribution in [0.2, 0.25) is 0 Å². The van der Waals surface area contributed by atoms with Crippen molar-refractivity contribution >= 4 is 43.6 Å². The standard InChI is InChI=1S/C44H26N4/c45-27-32-12-8-17-35(43(32)48-42-21-6-3-16-38(42)39-18-9-13-33(28-46)44(39)48)31-11-7-10-30(26-31)29-22-24-34(25-23-29)47-40-19-4-1-14-36(40)37-15-2-5-20-41(37)47/h1-26H. The summed E-state index contributed by atoms with van der Waals surface area (Å²) in [6.45, 7) is 0. The van der Waals surface area contributed by atoms with Gasteiger partial charge in [-0.25, -0.2) is 0 Å². The van der Waals surface area contributed by atoms with Crippen LogP contribution >= 0.6 is 0 Å². The van der Waals surface area contributed by atoms with Gasteiger partial charge in [0.25, 0.3) is 0 Å². The lowest BCUT2D eigenvalue weighted by Gasteiger charge is -2.17. The predicted molar refractivity (Wildman–Crippen MR) is 195 cm³/mol. The third-order valence-corrected chi connectivity index (χ3v) is 9.41. The van der Waals surface area contributed by atoms with E-state index >= 15 is 0 Å². The number of nitriles is 2. The Hall–Kier alpha value is -6.88. The summed E-state index contributed by atoms with van der Waals surface area (Å²) in [4.78, 5) is 0. The van der Waals surface area contributed by atoms with Gasteiger partial charge in [0, 0.05) is 32.8 Å². The number of para-hydroxylation sites is 5. The van der Waals surface area contributed by atoms with Gasteiger partial charge in [-0.3, -0.25) is 0 Å². The van der Waals surface area contributed by atoms with Crippen molar-refractivity contribution in [3.05, 3.63) is 169 Å². The van der Waals surface area contributed by atoms with Crippen LogP contribution in [0.15, 0.2) is 158 Å². The Morgan fingerprint density at radius 3 is 1.58 bits per heavy atom. The van der Waals surface area contributed by atoms with Crippen LogP contribution in [-0.2, 0) is 0 Å². The monoisotopic (exact) mass is 610 g/mol. The van der Waals surface area contributed by atoms with Crippen molar-refractivity contribution in [3.8, 4) is 45.8 Å². The molecule has 0 unspecified atom stereocenters. The molecule has 0 aliphatic carbocycles. The van der Waals surface area contributed by atoms with Crippen molar-refractivity contribution in [2.45, 2.75) is 0 Å². The number of aromatic nitrogens is 2. The highest BCUT2D eigenvalue weighted by Crippen LogP contribution is 2.40. The fourth-order valence-electron chi connectivity index (χ4n) is 7.32. The highest BCUT2D eigenvalue weighted by Gasteiger charge is 2.21. The summed E-state index contributed by atoms with van der Waals surface area (Å²) < 4.78 is 4.43. The largest absolute Gasteiger partial charge is 0.309 e. The molecule has 2 aromatic heterocycles. The molecule has 0 amide bonds. The maximum absolute atomic E-state index is 10.4. The molecule has 0 bridgehead atoms. The van der Waals surface area contributed by atoms with Crippen LogP contribution in [0.5, 0.6) is 0 Å². The van der Waals surface area contributed by atoms with E-state index in [9.17, 15) is 10.5 Å². The molecule has 0 aliphatic rings. The molecular formula is C44H26N4. The smallest absolute Gasteiger partial charge is 0.101 e. The molecule has 0 N–H and O–H groups in total. The molecule has 0 saturated heterocycles. The van der Waals surface area contributed by atoms with Gasteiger partial charge in [-0.15, -0.1) is 0 Å². The lowest BCUT2D eigenvalue weighted by Crippen LogP contribution is -2.02. The van der Waals surface area contributed by atoms with E-state index in [1.165, 1.54) is 21.8 Å². The zero-order chi connectivity index (χ0) is 32.2. The van der Waals surface area contributed by atoms with Crippen molar-refractivity contribution in [1.82, 2.24) is 9.13 Å². The van der Waals surface area contributed by atoms with E-state index in [0.29, 0.717) is 11.1 Å². The quantitative estimate of drug-likeness (QED) is 0.199. The lowest BCUT2D eigenvalue weighted by molar-refractivity contribution is 1.16. The first-order valence-electron chi connectivity index (χ1n) is 15.9. The van der Waals surface area contributed by atoms with Gasteiger partial charge in [0.05, 0.1) is 38.9 Å². The van der Waals surface area contributed by atoms with Gasteiger partial charge in [-0.05, 0) is 65.2 Å². The summed E-state index contributed by atoms with van der Waals surface area (Å²) in [5.74, 6) is 0. The van der Waals surface area contributed by atoms with Crippen LogP contribution < -0.4 is 0 Å². The van der Waals surface area contributed by atoms with Crippen LogP contribution in [0.3, 0.4) is 0 Å². The maximum Gasteiger partial charge on any atom is 0.101 e. The zero-order valence-electron chi connectivity index (χ0n) is 25.8. The van der Waals surface area contributed by atoms with Crippen molar-refractivity contribution in [2.24, 2.45) is 0 Å². The second-order valence-corrected chi connectivity index (χ2v) is 12.0. The van der Waals surface area contributed by atoms with E-state index < -0.39 is 0 Å². The Labute approximate surface area is 277 Å². The first-order valence-corrected chi connectivity index (χ1v) is 15.9. The lowest BCUT2D eigenvalue weighted by atomic mass is 9.96. The highest BCUT2D eigenvalue weighted by molar-refractivity contribution is 6.12. The molecule has 7 aromatic carbocycles. The van der Waals surface area contributed by atoms with Crippen molar-refractivity contribution in [2.75, 3.05) is 0 Å². The van der Waals surface area contributed by atoms with Crippen molar-refractivity contribution < 1.29 is 0 Å². The van der Waals surface area contributed by atoms with Crippen LogP contribution in [-0.4, -0.2) is 9.13 Å². The SMILES string of the molecule is N#Cc1cccc(-c2cccc(-c3ccc(-n4c5ccccc5c5ccccc54)cc3)c2)c1-n1c2ccccc2c2cccc(C#N)c21. The molecule has 2 heterocycles. The molecular weight excluding hydrogens is 585 g/mol. The van der Waals surface area contributed by atoms with Crippen LogP contribution in [0.25, 0.3) is 77.2 Å². The molecule has 0 atom stereocenters. The Bertz CT molecular complexity index is 2750. The van der Waals surface area contributed by atoms with Gasteiger partial charge in [0.1, 0.15) is 12.1 Å². The van der Waals surface area contributed by atoms with Crippen LogP contribution in [0.4, 0.5) is 0 Å². The Morgan fingerprint density at radius 1 is 0.396 bits per heavy atom. The minimum absolute atomic E-state index is 0.545. The molecule has 9 rings (SSSR count). The van der Waals surface area contributed by atoms with Gasteiger partial charge in [0.2, 0.25) is 0 Å². The van der Waals surface area contributed by atoms with Gasteiger partial charge in [-0.2, -0.15) is 10.5 Å². The topological polar surface area (TPSA) is 57.4 Å². The molecule has 9 aromatic rings. The average Bonchev–Trinajstić information content (AvgIpc) is 3.68. The Morgan fingerprint density at radius 2 is 0.917 bits per heavy atom. The van der Waals surface area contributed by atoms with Crippen LogP contribution in [0, 0.1) is 22.7 Å². The minimum atomic E-state index is 0.545. The number of hydrogen-bond donors (Lipinski definition) is 0. The number of benzene rings is 7. The fourth-order valence-corrected chi connectivity index (χ4v) is 7.32. The zero-order valence-corrected chi connectivity index (χ0v) is 25.8. The highest BCUT2D eigenvalue weighted by atomic mass is 15.0. The third-order valence-electron chi connectivity index (χ3n) is 9.41. The van der Waals surface area contributed by atoms with E-state index in [2.05, 4.69) is 137 Å². The summed E-state index contributed by atoms with van der Waals surface area (Å²) in [5, 5.41) is 25.1. The predicted octanol–water partition coefficient (Wildman–Crippen LogP) is 11.0. The van der Waals surface area contributed by atoms with E-state index in [4.69, 9.17) is 0 Å². The molecule has 48 heavy (non-hydrogen) atoms. The Kier molecular flexibility index (Phi) is 6.22. The first-order chi connectivity index (χ1) is 23.7. The first kappa shape index (κ1) is 27.4. The number of rotatable bonds is 4. The molecule has 0 saturated carbocycles. The summed E-state index contributed by atoms with van der Waals surface area (Å²) >= 11 is 0. The van der Waals surface area contributed by atoms with Gasteiger partial charge in [0.15, 0.2) is 0 Å². The summed E-state index contributed by atoms with van der Waals surface area (Å²) in [6.07, 6.45) is 0. The molecule has 0 aliphatic heterocycles. The van der Waals surface area contributed by atoms with Gasteiger partial charge >= 0.3 is 0 Å². The second-order valence-electron chi connectivity index (χ2n) is 12.0. The second kappa shape index (κ2) is 10.9. The number of hydrogen-bond acceptors (Lipinski definition) is 2. The van der Waals surface area contributed by atoms with E-state index in [1.54, 1.807) is 0 Å². The fraction of sp³-hybridized carbons (Fsp3) is 0. The normalized spacial score (nSPS) is 11.3. The van der Waals surface area contributed by atoms with Crippen LogP contribution in [0.1, 0.15) is 11.1 Å². The summed E-state index contributed by atoms with van der Waals surface area (Å²) in [5.41, 5.74) is 11.2. The minimum Gasteiger partial charge on any atom is -0.309 e. The summed E-state index contributed by atoms with van der Waals surface area (Å²) in [7, 11) is 0. The number of nitrogens with zero attached hydrogens (tertiary/aromatic N) is 4. The van der Waals surface area contributed by atoms with Crippen molar-refractivity contribution in [1.29, 1.82) is 10.5 Å². The van der Waals surface area contributed by atoms with E-state index in [-0.39, 0.29) is 0 Å². The molecule has 0 spiro atoms. The van der Waals surface area contributed by atoms with E-state index in [0.717, 1.165) is 55.4 Å².